The molecular weight excluding hydrogens is 274 g/mol. The predicted molar refractivity (Wildman–Crippen MR) is 76.1 cm³/mol. The molecule has 3 rings (SSSR count). The Kier molecular flexibility index (Phi) is 3.07. The van der Waals surface area contributed by atoms with E-state index in [1.807, 2.05) is 0 Å². The third kappa shape index (κ3) is 2.56. The van der Waals surface area contributed by atoms with Gasteiger partial charge in [0.15, 0.2) is 11.2 Å². The van der Waals surface area contributed by atoms with E-state index in [-0.39, 0.29) is 23.1 Å². The van der Waals surface area contributed by atoms with Crippen molar-refractivity contribution in [2.75, 3.05) is 12.8 Å². The van der Waals surface area contributed by atoms with Crippen LogP contribution in [-0.4, -0.2) is 27.0 Å². The van der Waals surface area contributed by atoms with E-state index >= 15 is 0 Å². The molecule has 0 saturated heterocycles. The molecule has 0 unspecified atom stereocenters. The maximum atomic E-state index is 11.6. The Morgan fingerprint density at radius 1 is 1.14 bits per heavy atom. The number of imidazole rings is 1. The van der Waals surface area contributed by atoms with Crippen LogP contribution < -0.4 is 16.0 Å². The number of methoxy groups -OCH3 is 1. The van der Waals surface area contributed by atoms with Crippen molar-refractivity contribution in [1.29, 1.82) is 0 Å². The van der Waals surface area contributed by atoms with Crippen LogP contribution >= 0.6 is 0 Å². The molecule has 0 radical (unpaired) electrons. The molecule has 2 aromatic heterocycles. The van der Waals surface area contributed by atoms with Crippen molar-refractivity contribution in [1.82, 2.24) is 19.9 Å². The van der Waals surface area contributed by atoms with Gasteiger partial charge >= 0.3 is 0 Å². The number of H-pyrrole nitrogens is 2. The van der Waals surface area contributed by atoms with Crippen molar-refractivity contribution >= 4 is 28.7 Å². The van der Waals surface area contributed by atoms with Gasteiger partial charge in [-0.1, -0.05) is 0 Å². The highest BCUT2D eigenvalue weighted by Crippen LogP contribution is 2.20. The minimum atomic E-state index is -0.431. The van der Waals surface area contributed by atoms with Crippen LogP contribution in [0.3, 0.4) is 0 Å². The molecule has 106 valence electrons. The Morgan fingerprint density at radius 2 is 1.90 bits per heavy atom. The second-order valence-electron chi connectivity index (χ2n) is 4.11. The molecule has 9 heteroatoms. The summed E-state index contributed by atoms with van der Waals surface area (Å²) in [4.78, 5) is 24.7. The van der Waals surface area contributed by atoms with Crippen molar-refractivity contribution in [2.24, 2.45) is 10.2 Å². The minimum absolute atomic E-state index is 0.00907. The summed E-state index contributed by atoms with van der Waals surface area (Å²) >= 11 is 0. The van der Waals surface area contributed by atoms with Gasteiger partial charge in [-0.05, 0) is 24.3 Å². The van der Waals surface area contributed by atoms with E-state index < -0.39 is 5.56 Å². The SMILES string of the molecule is COc1ccc(/N=N/c2nc3c(=O)[nH]c(N)nc3[nH]2)cc1. The van der Waals surface area contributed by atoms with Crippen molar-refractivity contribution < 1.29 is 4.74 Å². The van der Waals surface area contributed by atoms with Crippen molar-refractivity contribution in [3.8, 4) is 5.75 Å². The van der Waals surface area contributed by atoms with Crippen LogP contribution in [0.5, 0.6) is 5.75 Å². The van der Waals surface area contributed by atoms with E-state index in [1.165, 1.54) is 0 Å². The molecule has 0 aliphatic carbocycles. The first kappa shape index (κ1) is 12.8. The van der Waals surface area contributed by atoms with Crippen LogP contribution in [0.25, 0.3) is 11.2 Å². The van der Waals surface area contributed by atoms with E-state index in [1.54, 1.807) is 31.4 Å². The van der Waals surface area contributed by atoms with Crippen molar-refractivity contribution in [2.45, 2.75) is 0 Å². The summed E-state index contributed by atoms with van der Waals surface area (Å²) in [6.07, 6.45) is 0. The average Bonchev–Trinajstić information content (AvgIpc) is 2.89. The Morgan fingerprint density at radius 3 is 2.62 bits per heavy atom. The molecule has 4 N–H and O–H groups in total. The fourth-order valence-electron chi connectivity index (χ4n) is 1.72. The molecule has 3 aromatic rings. The zero-order valence-electron chi connectivity index (χ0n) is 11.0. The Labute approximate surface area is 117 Å². The van der Waals surface area contributed by atoms with Gasteiger partial charge in [0.1, 0.15) is 5.75 Å². The van der Waals surface area contributed by atoms with Gasteiger partial charge < -0.3 is 15.5 Å². The molecular formula is C12H11N7O2. The number of hydrogen-bond donors (Lipinski definition) is 3. The second-order valence-corrected chi connectivity index (χ2v) is 4.11. The van der Waals surface area contributed by atoms with Gasteiger partial charge in [-0.3, -0.25) is 9.78 Å². The van der Waals surface area contributed by atoms with E-state index in [0.717, 1.165) is 5.75 Å². The van der Waals surface area contributed by atoms with Gasteiger partial charge in [-0.2, -0.15) is 4.98 Å². The first-order chi connectivity index (χ1) is 10.2. The lowest BCUT2D eigenvalue weighted by atomic mass is 10.3. The number of nitrogens with one attached hydrogen (secondary N) is 2. The summed E-state index contributed by atoms with van der Waals surface area (Å²) < 4.78 is 5.05. The molecule has 9 nitrogen and oxygen atoms in total. The number of azo groups is 1. The molecule has 0 bridgehead atoms. The molecule has 0 aliphatic rings. The highest BCUT2D eigenvalue weighted by Gasteiger charge is 2.08. The van der Waals surface area contributed by atoms with Gasteiger partial charge in [0, 0.05) is 0 Å². The van der Waals surface area contributed by atoms with E-state index in [0.29, 0.717) is 5.69 Å². The molecule has 0 atom stereocenters. The first-order valence-corrected chi connectivity index (χ1v) is 5.97. The van der Waals surface area contributed by atoms with Crippen LogP contribution in [-0.2, 0) is 0 Å². The van der Waals surface area contributed by atoms with Gasteiger partial charge in [0.25, 0.3) is 5.56 Å². The topological polar surface area (TPSA) is 134 Å². The van der Waals surface area contributed by atoms with Gasteiger partial charge in [0.05, 0.1) is 12.8 Å². The maximum Gasteiger partial charge on any atom is 0.280 e. The Balaban J connectivity index is 1.91. The van der Waals surface area contributed by atoms with Crippen LogP contribution in [0.2, 0.25) is 0 Å². The number of rotatable bonds is 3. The van der Waals surface area contributed by atoms with Gasteiger partial charge in [0.2, 0.25) is 11.9 Å². The molecule has 21 heavy (non-hydrogen) atoms. The van der Waals surface area contributed by atoms with Gasteiger partial charge in [-0.15, -0.1) is 10.2 Å². The number of benzene rings is 1. The lowest BCUT2D eigenvalue weighted by molar-refractivity contribution is 0.415. The molecule has 0 fully saturated rings. The first-order valence-electron chi connectivity index (χ1n) is 5.97. The normalized spacial score (nSPS) is 11.3. The number of anilines is 1. The molecule has 0 amide bonds. The summed E-state index contributed by atoms with van der Waals surface area (Å²) in [5.41, 5.74) is 6.03. The fraction of sp³-hybridized carbons (Fsp3) is 0.0833. The summed E-state index contributed by atoms with van der Waals surface area (Å²) in [6.45, 7) is 0. The largest absolute Gasteiger partial charge is 0.497 e. The molecule has 0 saturated carbocycles. The lowest BCUT2D eigenvalue weighted by Crippen LogP contribution is -2.10. The average molecular weight is 285 g/mol. The Bertz CT molecular complexity index is 863. The monoisotopic (exact) mass is 285 g/mol. The number of hydrogen-bond acceptors (Lipinski definition) is 7. The molecule has 0 spiro atoms. The number of fused-ring (bicyclic) bond motifs is 1. The zero-order chi connectivity index (χ0) is 14.8. The summed E-state index contributed by atoms with van der Waals surface area (Å²) in [5.74, 6) is 0.906. The molecule has 2 heterocycles. The quantitative estimate of drug-likeness (QED) is 0.629. The summed E-state index contributed by atoms with van der Waals surface area (Å²) in [6, 6.07) is 7.02. The second kappa shape index (κ2) is 5.04. The highest BCUT2D eigenvalue weighted by atomic mass is 16.5. The number of nitrogens with two attached hydrogens (primary N) is 1. The third-order valence-corrected chi connectivity index (χ3v) is 2.69. The number of aromatic nitrogens is 4. The lowest BCUT2D eigenvalue weighted by Gasteiger charge is -1.97. The summed E-state index contributed by atoms with van der Waals surface area (Å²) in [7, 11) is 1.58. The number of aromatic amines is 2. The van der Waals surface area contributed by atoms with E-state index in [4.69, 9.17) is 10.5 Å². The third-order valence-electron chi connectivity index (χ3n) is 2.69. The molecule has 0 aliphatic heterocycles. The minimum Gasteiger partial charge on any atom is -0.497 e. The predicted octanol–water partition coefficient (Wildman–Crippen LogP) is 1.65. The summed E-state index contributed by atoms with van der Waals surface area (Å²) in [5, 5.41) is 7.93. The fourth-order valence-corrected chi connectivity index (χ4v) is 1.72. The zero-order valence-corrected chi connectivity index (χ0v) is 11.0. The van der Waals surface area contributed by atoms with Crippen molar-refractivity contribution in [3.63, 3.8) is 0 Å². The van der Waals surface area contributed by atoms with Crippen LogP contribution in [0.15, 0.2) is 39.3 Å². The highest BCUT2D eigenvalue weighted by molar-refractivity contribution is 5.72. The van der Waals surface area contributed by atoms with Gasteiger partial charge in [-0.25, -0.2) is 4.98 Å². The Hall–Kier alpha value is -3.23. The van der Waals surface area contributed by atoms with E-state index in [2.05, 4.69) is 30.2 Å². The number of nitrogens with zero attached hydrogens (tertiary/aromatic N) is 4. The molecule has 1 aromatic carbocycles. The smallest absolute Gasteiger partial charge is 0.280 e. The van der Waals surface area contributed by atoms with Crippen molar-refractivity contribution in [3.05, 3.63) is 34.6 Å². The van der Waals surface area contributed by atoms with Crippen LogP contribution in [0.1, 0.15) is 0 Å². The maximum absolute atomic E-state index is 11.6. The van der Waals surface area contributed by atoms with Crippen LogP contribution in [0.4, 0.5) is 17.6 Å². The standard InChI is InChI=1S/C12H11N7O2/c1-21-7-4-2-6(3-5-7)18-19-12-14-8-9(16-12)15-11(13)17-10(8)20/h2-5H,1H3,(H4,13,14,15,16,17,20)/b19-18+. The number of ether oxygens (including phenoxy) is 1. The van der Waals surface area contributed by atoms with Crippen LogP contribution in [0, 0.1) is 0 Å². The number of nitrogen functional groups attached to an aromatic ring is 1. The van der Waals surface area contributed by atoms with E-state index in [9.17, 15) is 4.79 Å².